The highest BCUT2D eigenvalue weighted by molar-refractivity contribution is 7.17. The lowest BCUT2D eigenvalue weighted by Crippen LogP contribution is -2.18. The Balaban J connectivity index is 1.54. The van der Waals surface area contributed by atoms with Gasteiger partial charge in [0.15, 0.2) is 5.76 Å². The van der Waals surface area contributed by atoms with Crippen molar-refractivity contribution >= 4 is 39.8 Å². The van der Waals surface area contributed by atoms with Gasteiger partial charge in [0.25, 0.3) is 5.91 Å². The lowest BCUT2D eigenvalue weighted by molar-refractivity contribution is 0.0335. The predicted molar refractivity (Wildman–Crippen MR) is 129 cm³/mol. The molecule has 3 aromatic heterocycles. The molecular weight excluding hydrogens is 462 g/mol. The molecule has 0 saturated heterocycles. The fraction of sp³-hybridized carbons (Fsp3) is 0.458. The summed E-state index contributed by atoms with van der Waals surface area (Å²) in [5, 5.41) is 8.45. The second-order valence-electron chi connectivity index (χ2n) is 8.40. The smallest absolute Gasteiger partial charge is 0.341 e. The van der Waals surface area contributed by atoms with Crippen molar-refractivity contribution in [1.82, 2.24) is 9.78 Å². The number of nitrogens with zero attached hydrogens (tertiary/aromatic N) is 2. The van der Waals surface area contributed by atoms with Gasteiger partial charge in [0.1, 0.15) is 10.8 Å². The summed E-state index contributed by atoms with van der Waals surface area (Å²) in [5.74, 6) is -0.0148. The Bertz CT molecular complexity index is 1190. The molecule has 7 nitrogen and oxygen atoms in total. The molecule has 1 atom stereocenters. The number of carbonyl (C=O) groups is 2. The Labute approximate surface area is 202 Å². The number of rotatable bonds is 7. The summed E-state index contributed by atoms with van der Waals surface area (Å²) >= 11 is 7.68. The third kappa shape index (κ3) is 4.87. The van der Waals surface area contributed by atoms with Crippen molar-refractivity contribution in [3.05, 3.63) is 56.1 Å². The first-order chi connectivity index (χ1) is 15.8. The highest BCUT2D eigenvalue weighted by Crippen LogP contribution is 2.39. The second-order valence-corrected chi connectivity index (χ2v) is 9.88. The van der Waals surface area contributed by atoms with Crippen LogP contribution >= 0.6 is 22.9 Å². The van der Waals surface area contributed by atoms with Gasteiger partial charge in [-0.25, -0.2) is 4.79 Å². The molecule has 3 aromatic rings. The number of esters is 1. The van der Waals surface area contributed by atoms with Crippen LogP contribution in [0.25, 0.3) is 0 Å². The van der Waals surface area contributed by atoms with Gasteiger partial charge >= 0.3 is 5.97 Å². The number of aryl methyl sites for hydroxylation is 2. The van der Waals surface area contributed by atoms with Crippen LogP contribution in [0.15, 0.2) is 16.5 Å². The van der Waals surface area contributed by atoms with Crippen LogP contribution in [0, 0.1) is 13.8 Å². The van der Waals surface area contributed by atoms with Gasteiger partial charge in [-0.1, -0.05) is 18.5 Å². The Morgan fingerprint density at radius 3 is 2.76 bits per heavy atom. The number of aromatic nitrogens is 2. The molecule has 0 saturated carbocycles. The van der Waals surface area contributed by atoms with Crippen LogP contribution in [0.4, 0.5) is 5.00 Å². The van der Waals surface area contributed by atoms with Gasteiger partial charge < -0.3 is 14.5 Å². The lowest BCUT2D eigenvalue weighted by atomic mass is 9.95. The molecule has 0 radical (unpaired) electrons. The first-order valence-corrected chi connectivity index (χ1v) is 12.4. The van der Waals surface area contributed by atoms with Crippen molar-refractivity contribution in [2.45, 2.75) is 72.4 Å². The standard InChI is InChI=1S/C24H28ClN3O4S/c1-5-13(2)31-24(30)20-17-8-6-7-9-19(17)33-23(20)26-22(29)18-11-10-16(32-18)12-28-15(4)21(25)14(3)27-28/h10-11,13H,5-9,12H2,1-4H3,(H,26,29). The van der Waals surface area contributed by atoms with Crippen molar-refractivity contribution in [1.29, 1.82) is 0 Å². The number of halogens is 1. The van der Waals surface area contributed by atoms with Crippen molar-refractivity contribution in [3.63, 3.8) is 0 Å². The number of thiophene rings is 1. The number of carbonyl (C=O) groups excluding carboxylic acids is 2. The number of amides is 1. The summed E-state index contributed by atoms with van der Waals surface area (Å²) in [6, 6.07) is 3.37. The molecule has 0 aliphatic heterocycles. The first-order valence-electron chi connectivity index (χ1n) is 11.2. The average Bonchev–Trinajstić information content (AvgIpc) is 3.47. The van der Waals surface area contributed by atoms with Gasteiger partial charge in [-0.15, -0.1) is 11.3 Å². The number of hydrogen-bond donors (Lipinski definition) is 1. The summed E-state index contributed by atoms with van der Waals surface area (Å²) in [6.07, 6.45) is 4.39. The molecule has 0 bridgehead atoms. The summed E-state index contributed by atoms with van der Waals surface area (Å²) in [6.45, 7) is 7.94. The summed E-state index contributed by atoms with van der Waals surface area (Å²) in [4.78, 5) is 27.1. The summed E-state index contributed by atoms with van der Waals surface area (Å²) in [5.41, 5.74) is 3.09. The van der Waals surface area contributed by atoms with E-state index in [1.165, 1.54) is 11.3 Å². The third-order valence-corrected chi connectivity index (χ3v) is 7.72. The fourth-order valence-corrected chi connectivity index (χ4v) is 5.33. The highest BCUT2D eigenvalue weighted by atomic mass is 35.5. The minimum absolute atomic E-state index is 0.172. The Hall–Kier alpha value is -2.58. The van der Waals surface area contributed by atoms with Crippen LogP contribution in [-0.2, 0) is 24.1 Å². The SMILES string of the molecule is CCC(C)OC(=O)c1c(NC(=O)c2ccc(Cn3nc(C)c(Cl)c3C)o2)sc2c1CCCC2. The van der Waals surface area contributed by atoms with Gasteiger partial charge in [-0.05, 0) is 70.6 Å². The molecule has 1 N–H and O–H groups in total. The molecule has 3 heterocycles. The average molecular weight is 490 g/mol. The second kappa shape index (κ2) is 9.73. The van der Waals surface area contributed by atoms with Crippen molar-refractivity contribution < 1.29 is 18.7 Å². The van der Waals surface area contributed by atoms with E-state index in [0.717, 1.165) is 53.9 Å². The minimum atomic E-state index is -0.399. The van der Waals surface area contributed by atoms with E-state index in [-0.39, 0.29) is 17.8 Å². The van der Waals surface area contributed by atoms with Crippen LogP contribution in [0.1, 0.15) is 81.6 Å². The molecule has 33 heavy (non-hydrogen) atoms. The number of ether oxygens (including phenoxy) is 1. The van der Waals surface area contributed by atoms with Crippen LogP contribution < -0.4 is 5.32 Å². The summed E-state index contributed by atoms with van der Waals surface area (Å²) in [7, 11) is 0. The van der Waals surface area contributed by atoms with E-state index in [1.807, 2.05) is 27.7 Å². The Kier molecular flexibility index (Phi) is 6.95. The quantitative estimate of drug-likeness (QED) is 0.415. The molecule has 1 aliphatic carbocycles. The Morgan fingerprint density at radius 2 is 2.06 bits per heavy atom. The zero-order valence-electron chi connectivity index (χ0n) is 19.3. The van der Waals surface area contributed by atoms with E-state index in [4.69, 9.17) is 20.8 Å². The fourth-order valence-electron chi connectivity index (χ4n) is 3.92. The monoisotopic (exact) mass is 489 g/mol. The van der Waals surface area contributed by atoms with Crippen molar-refractivity contribution in [2.75, 3.05) is 5.32 Å². The molecule has 1 aliphatic rings. The van der Waals surface area contributed by atoms with Crippen LogP contribution in [0.3, 0.4) is 0 Å². The van der Waals surface area contributed by atoms with Gasteiger partial charge in [0, 0.05) is 4.88 Å². The van der Waals surface area contributed by atoms with Crippen LogP contribution in [0.2, 0.25) is 5.02 Å². The van der Waals surface area contributed by atoms with Crippen molar-refractivity contribution in [3.8, 4) is 0 Å². The molecule has 4 rings (SSSR count). The topological polar surface area (TPSA) is 86.4 Å². The normalized spacial score (nSPS) is 14.1. The Morgan fingerprint density at radius 1 is 1.30 bits per heavy atom. The molecule has 1 unspecified atom stereocenters. The van der Waals surface area contributed by atoms with Crippen LogP contribution in [-0.4, -0.2) is 27.8 Å². The number of nitrogens with one attached hydrogen (secondary N) is 1. The third-order valence-electron chi connectivity index (χ3n) is 5.97. The van der Waals surface area contributed by atoms with E-state index >= 15 is 0 Å². The number of hydrogen-bond acceptors (Lipinski definition) is 6. The lowest BCUT2D eigenvalue weighted by Gasteiger charge is -2.15. The zero-order chi connectivity index (χ0) is 23.7. The number of anilines is 1. The largest absolute Gasteiger partial charge is 0.459 e. The molecular formula is C24H28ClN3O4S. The molecule has 0 aromatic carbocycles. The highest BCUT2D eigenvalue weighted by Gasteiger charge is 2.29. The number of fused-ring (bicyclic) bond motifs is 1. The molecule has 176 valence electrons. The molecule has 0 spiro atoms. The molecule has 0 fully saturated rings. The van der Waals surface area contributed by atoms with E-state index in [0.29, 0.717) is 27.9 Å². The summed E-state index contributed by atoms with van der Waals surface area (Å²) < 4.78 is 13.1. The molecule has 1 amide bonds. The van der Waals surface area contributed by atoms with E-state index in [2.05, 4.69) is 10.4 Å². The zero-order valence-corrected chi connectivity index (χ0v) is 20.9. The van der Waals surface area contributed by atoms with E-state index in [1.54, 1.807) is 16.8 Å². The van der Waals surface area contributed by atoms with Crippen LogP contribution in [0.5, 0.6) is 0 Å². The van der Waals surface area contributed by atoms with E-state index < -0.39 is 5.91 Å². The van der Waals surface area contributed by atoms with Gasteiger partial charge in [-0.2, -0.15) is 5.10 Å². The minimum Gasteiger partial charge on any atom is -0.459 e. The predicted octanol–water partition coefficient (Wildman–Crippen LogP) is 5.94. The molecule has 9 heteroatoms. The van der Waals surface area contributed by atoms with Gasteiger partial charge in [-0.3, -0.25) is 9.48 Å². The van der Waals surface area contributed by atoms with Gasteiger partial charge in [0.2, 0.25) is 0 Å². The maximum absolute atomic E-state index is 13.0. The van der Waals surface area contributed by atoms with Gasteiger partial charge in [0.05, 0.1) is 34.6 Å². The van der Waals surface area contributed by atoms with E-state index in [9.17, 15) is 9.59 Å². The maximum atomic E-state index is 13.0. The maximum Gasteiger partial charge on any atom is 0.341 e. The number of furan rings is 1. The van der Waals surface area contributed by atoms with Crippen molar-refractivity contribution in [2.24, 2.45) is 0 Å². The first kappa shape index (κ1) is 23.6.